The summed E-state index contributed by atoms with van der Waals surface area (Å²) in [5.41, 5.74) is -7.33. The molecule has 2 aromatic rings. The highest BCUT2D eigenvalue weighted by Crippen LogP contribution is 2.78. The lowest BCUT2D eigenvalue weighted by Gasteiger charge is -2.68. The van der Waals surface area contributed by atoms with Crippen LogP contribution >= 0.6 is 0 Å². The van der Waals surface area contributed by atoms with Crippen molar-refractivity contribution in [1.82, 2.24) is 4.90 Å². The van der Waals surface area contributed by atoms with E-state index < -0.39 is 85.5 Å². The number of phenols is 3. The summed E-state index contributed by atoms with van der Waals surface area (Å²) in [6.45, 7) is 10.1. The van der Waals surface area contributed by atoms with Crippen molar-refractivity contribution in [3.05, 3.63) is 65.2 Å². The molecule has 14 atom stereocenters. The van der Waals surface area contributed by atoms with Gasteiger partial charge in [0.15, 0.2) is 6.10 Å². The van der Waals surface area contributed by atoms with Gasteiger partial charge in [-0.3, -0.25) is 14.0 Å². The predicted octanol–water partition coefficient (Wildman–Crippen LogP) is 3.31. The number of hydrogen-bond acceptors (Lipinski definition) is 15. The zero-order valence-corrected chi connectivity index (χ0v) is 37.5. The normalized spacial score (nSPS) is 43.3. The lowest BCUT2D eigenvalue weighted by atomic mass is 9.49. The first-order valence-electron chi connectivity index (χ1n) is 21.9. The molecule has 11 N–H and O–H groups in total. The van der Waals surface area contributed by atoms with Crippen molar-refractivity contribution in [1.29, 1.82) is 0 Å². The summed E-state index contributed by atoms with van der Waals surface area (Å²) in [5.74, 6) is -3.78. The number of benzene rings is 2. The number of fused-ring (bicyclic) bond motifs is 5. The molecule has 4 aliphatic carbocycles. The number of carbonyl (C=O) groups excluding carboxylic acids is 1. The largest absolute Gasteiger partial charge is 0.508 e. The van der Waals surface area contributed by atoms with Crippen molar-refractivity contribution >= 4 is 28.5 Å². The van der Waals surface area contributed by atoms with Crippen molar-refractivity contribution in [3.8, 4) is 17.2 Å². The van der Waals surface area contributed by atoms with E-state index in [0.29, 0.717) is 55.7 Å². The van der Waals surface area contributed by atoms with Gasteiger partial charge in [-0.05, 0) is 101 Å². The van der Waals surface area contributed by atoms with E-state index in [0.717, 1.165) is 12.0 Å². The van der Waals surface area contributed by atoms with Crippen LogP contribution in [0.5, 0.6) is 17.2 Å². The van der Waals surface area contributed by atoms with Gasteiger partial charge in [0, 0.05) is 66.8 Å². The van der Waals surface area contributed by atoms with Crippen LogP contribution in [0.2, 0.25) is 0 Å². The Morgan fingerprint density at radius 2 is 1.41 bits per heavy atom. The van der Waals surface area contributed by atoms with E-state index in [1.54, 1.807) is 69.3 Å². The van der Waals surface area contributed by atoms with Gasteiger partial charge in [-0.2, -0.15) is 8.42 Å². The molecule has 2 aromatic carbocycles. The standard InChI is InChI=1S/C32H49NO9.C14H12O3.H2O4S/c1-6-18(3)25(35)41-24-11-12-26(4)19-8-9-20-28(37)13-23(34)31(39)21(29(28,38)16-30(20,26)42-32(19,24)40)15-33-14-17(2)7-10-22(33)27(31,5)36;15-12-5-3-10(4-6-12)1-2-11-7-13(16)9-14(17)8-11;1-5(2,3)4/h6,17,19-24,34,36-40H,7-16H2,1-5H3;1-9,15-17H;(H2,1,2,3,4). The van der Waals surface area contributed by atoms with Gasteiger partial charge in [0.2, 0.25) is 5.79 Å². The summed E-state index contributed by atoms with van der Waals surface area (Å²) in [7, 11) is -4.67. The van der Waals surface area contributed by atoms with E-state index >= 15 is 0 Å². The van der Waals surface area contributed by atoms with Crippen LogP contribution in [0.4, 0.5) is 0 Å². The Kier molecular flexibility index (Phi) is 12.3. The number of rotatable bonds is 4. The first kappa shape index (κ1) is 48.3. The molecule has 0 aromatic heterocycles. The summed E-state index contributed by atoms with van der Waals surface area (Å²) >= 11 is 0. The van der Waals surface area contributed by atoms with Gasteiger partial charge in [-0.1, -0.05) is 44.2 Å². The molecule has 1 spiro atoms. The van der Waals surface area contributed by atoms with Crippen molar-refractivity contribution in [2.24, 2.45) is 29.1 Å². The minimum Gasteiger partial charge on any atom is -0.508 e. The van der Waals surface area contributed by atoms with Gasteiger partial charge in [0.05, 0.1) is 11.7 Å². The number of aliphatic hydroxyl groups excluding tert-OH is 1. The maximum Gasteiger partial charge on any atom is 0.394 e. The first-order valence-corrected chi connectivity index (χ1v) is 23.3. The molecule has 4 saturated carbocycles. The quantitative estimate of drug-likeness (QED) is 0.0908. The smallest absolute Gasteiger partial charge is 0.394 e. The molecule has 354 valence electrons. The molecule has 7 aliphatic rings. The van der Waals surface area contributed by atoms with E-state index in [1.165, 1.54) is 6.07 Å². The molecule has 0 amide bonds. The van der Waals surface area contributed by atoms with Gasteiger partial charge in [-0.25, -0.2) is 4.79 Å². The number of aromatic hydroxyl groups is 3. The number of allylic oxidation sites excluding steroid dienone is 1. The van der Waals surface area contributed by atoms with Crippen molar-refractivity contribution < 1.29 is 77.8 Å². The predicted molar refractivity (Wildman–Crippen MR) is 231 cm³/mol. The van der Waals surface area contributed by atoms with Gasteiger partial charge >= 0.3 is 16.4 Å². The second-order valence-electron chi connectivity index (χ2n) is 19.8. The number of phenolic OH excluding ortho intramolecular Hbond substituents is 3. The highest BCUT2D eigenvalue weighted by Gasteiger charge is 2.88. The van der Waals surface area contributed by atoms with Crippen LogP contribution in [0.3, 0.4) is 0 Å². The minimum atomic E-state index is -4.67. The third kappa shape index (κ3) is 7.55. The van der Waals surface area contributed by atoms with Crippen molar-refractivity contribution in [2.75, 3.05) is 13.1 Å². The maximum atomic E-state index is 12.9. The molecule has 3 aliphatic heterocycles. The van der Waals surface area contributed by atoms with Gasteiger partial charge < -0.3 is 55.4 Å². The Morgan fingerprint density at radius 1 is 0.812 bits per heavy atom. The van der Waals surface area contributed by atoms with E-state index in [2.05, 4.69) is 11.8 Å². The molecule has 18 heteroatoms. The molecule has 14 unspecified atom stereocenters. The molecule has 0 radical (unpaired) electrons. The summed E-state index contributed by atoms with van der Waals surface area (Å²) in [6, 6.07) is 10.7. The zero-order valence-electron chi connectivity index (χ0n) is 36.7. The summed E-state index contributed by atoms with van der Waals surface area (Å²) in [6.07, 6.45) is 5.89. The van der Waals surface area contributed by atoms with Crippen LogP contribution in [0.1, 0.15) is 97.1 Å². The second-order valence-corrected chi connectivity index (χ2v) is 20.7. The Balaban J connectivity index is 0.000000230. The third-order valence-corrected chi connectivity index (χ3v) is 16.3. The van der Waals surface area contributed by atoms with Crippen LogP contribution in [0.25, 0.3) is 12.2 Å². The monoisotopic (exact) mass is 917 g/mol. The fourth-order valence-electron chi connectivity index (χ4n) is 13.3. The van der Waals surface area contributed by atoms with Crippen LogP contribution in [-0.2, 0) is 24.7 Å². The van der Waals surface area contributed by atoms with Crippen LogP contribution in [-0.4, -0.2) is 139 Å². The Hall–Kier alpha value is -3.66. The fourth-order valence-corrected chi connectivity index (χ4v) is 13.3. The molecule has 17 nitrogen and oxygen atoms in total. The molecule has 7 fully saturated rings. The average Bonchev–Trinajstić information content (AvgIpc) is 3.36. The number of nitrogens with zero attached hydrogens (tertiary/aromatic N) is 1. The highest BCUT2D eigenvalue weighted by molar-refractivity contribution is 7.79. The SMILES string of the molecule is CC=C(C)C(=O)OC1CCC2(C)C3CCC4C5(O)CC(O)C6(O)C(CN7CC(C)CCC7C6(C)O)C5(O)CC42OC13O.O=S(=O)(O)O.Oc1ccc(C=Cc2cc(O)cc(O)c2)cc1. The maximum absolute atomic E-state index is 12.9. The van der Waals surface area contributed by atoms with Crippen LogP contribution in [0.15, 0.2) is 54.1 Å². The molecule has 3 heterocycles. The summed E-state index contributed by atoms with van der Waals surface area (Å²) in [5, 5.41) is 102. The summed E-state index contributed by atoms with van der Waals surface area (Å²) in [4.78, 5) is 14.9. The average molecular weight is 918 g/mol. The van der Waals surface area contributed by atoms with Gasteiger partial charge in [0.25, 0.3) is 0 Å². The molecular weight excluding hydrogens is 855 g/mol. The Morgan fingerprint density at radius 3 is 2.02 bits per heavy atom. The summed E-state index contributed by atoms with van der Waals surface area (Å²) < 4.78 is 44.2. The van der Waals surface area contributed by atoms with Gasteiger partial charge in [-0.15, -0.1) is 0 Å². The van der Waals surface area contributed by atoms with Crippen molar-refractivity contribution in [2.45, 2.75) is 138 Å². The van der Waals surface area contributed by atoms with Crippen LogP contribution in [0, 0.1) is 29.1 Å². The topological polar surface area (TPSA) is 295 Å². The van der Waals surface area contributed by atoms with Crippen molar-refractivity contribution in [3.63, 3.8) is 0 Å². The molecule has 64 heavy (non-hydrogen) atoms. The molecule has 3 saturated heterocycles. The Labute approximate surface area is 372 Å². The van der Waals surface area contributed by atoms with E-state index in [9.17, 15) is 45.6 Å². The number of carbonyl (C=O) groups is 1. The van der Waals surface area contributed by atoms with E-state index in [-0.39, 0.29) is 42.7 Å². The zero-order chi connectivity index (χ0) is 47.2. The number of hydrogen-bond donors (Lipinski definition) is 11. The number of ether oxygens (including phenoxy) is 2. The third-order valence-electron chi connectivity index (χ3n) is 16.3. The fraction of sp³-hybridized carbons (Fsp3) is 0.630. The number of piperidine rings is 2. The lowest BCUT2D eigenvalue weighted by Crippen LogP contribution is -2.85. The van der Waals surface area contributed by atoms with Gasteiger partial charge in [0.1, 0.15) is 39.7 Å². The second kappa shape index (κ2) is 16.3. The number of aliphatic hydroxyl groups is 6. The highest BCUT2D eigenvalue weighted by atomic mass is 32.3. The van der Waals surface area contributed by atoms with Crippen LogP contribution < -0.4 is 0 Å². The van der Waals surface area contributed by atoms with E-state index in [4.69, 9.17) is 32.1 Å². The molecule has 9 rings (SSSR count). The lowest BCUT2D eigenvalue weighted by molar-refractivity contribution is -0.354. The molecular formula is C46H63NO16S. The first-order chi connectivity index (χ1) is 29.6. The number of esters is 1. The Bertz CT molecular complexity index is 2260. The van der Waals surface area contributed by atoms with E-state index in [1.807, 2.05) is 13.0 Å². The molecule has 4 bridgehead atoms. The minimum absolute atomic E-state index is 0.0235.